The molecular formula is C9H14. The summed E-state index contributed by atoms with van der Waals surface area (Å²) in [6.07, 6.45) is 8.20. The molecular weight excluding hydrogens is 108 g/mol. The van der Waals surface area contributed by atoms with E-state index < -0.39 is 0 Å². The Morgan fingerprint density at radius 2 is 2.44 bits per heavy atom. The van der Waals surface area contributed by atoms with Crippen LogP contribution < -0.4 is 0 Å². The Bertz CT molecular complexity index is 144. The van der Waals surface area contributed by atoms with E-state index in [0.717, 1.165) is 11.8 Å². The van der Waals surface area contributed by atoms with Gasteiger partial charge in [-0.15, -0.1) is 0 Å². The van der Waals surface area contributed by atoms with Gasteiger partial charge in [0.05, 0.1) is 0 Å². The molecule has 2 atom stereocenters. The highest BCUT2D eigenvalue weighted by Gasteiger charge is 2.28. The summed E-state index contributed by atoms with van der Waals surface area (Å²) in [5.74, 6) is 1.99. The van der Waals surface area contributed by atoms with Gasteiger partial charge in [-0.05, 0) is 37.5 Å². The van der Waals surface area contributed by atoms with E-state index in [1.807, 2.05) is 0 Å². The van der Waals surface area contributed by atoms with Crippen LogP contribution in [0.2, 0.25) is 0 Å². The fourth-order valence-electron chi connectivity index (χ4n) is 1.99. The van der Waals surface area contributed by atoms with E-state index in [0.29, 0.717) is 0 Å². The van der Waals surface area contributed by atoms with Crippen molar-refractivity contribution in [3.63, 3.8) is 0 Å². The highest BCUT2D eigenvalue weighted by atomic mass is 14.3. The van der Waals surface area contributed by atoms with Crippen molar-refractivity contribution in [3.05, 3.63) is 11.6 Å². The van der Waals surface area contributed by atoms with Gasteiger partial charge in [0.25, 0.3) is 0 Å². The molecule has 2 aliphatic carbocycles. The first-order valence-corrected chi connectivity index (χ1v) is 4.05. The van der Waals surface area contributed by atoms with Crippen molar-refractivity contribution in [3.8, 4) is 0 Å². The molecule has 9 heavy (non-hydrogen) atoms. The Hall–Kier alpha value is -0.260. The maximum absolute atomic E-state index is 2.47. The molecule has 0 N–H and O–H groups in total. The average molecular weight is 122 g/mol. The lowest BCUT2D eigenvalue weighted by atomic mass is 9.70. The fourth-order valence-corrected chi connectivity index (χ4v) is 1.99. The van der Waals surface area contributed by atoms with Crippen LogP contribution in [0.25, 0.3) is 0 Å². The number of fused-ring (bicyclic) bond motifs is 1. The van der Waals surface area contributed by atoms with E-state index in [-0.39, 0.29) is 0 Å². The maximum atomic E-state index is 2.47. The van der Waals surface area contributed by atoms with Crippen LogP contribution >= 0.6 is 0 Å². The third kappa shape index (κ3) is 0.810. The zero-order valence-electron chi connectivity index (χ0n) is 6.06. The minimum absolute atomic E-state index is 0.971. The van der Waals surface area contributed by atoms with Crippen molar-refractivity contribution >= 4 is 0 Å². The van der Waals surface area contributed by atoms with E-state index in [1.165, 1.54) is 25.7 Å². The van der Waals surface area contributed by atoms with Gasteiger partial charge in [-0.25, -0.2) is 0 Å². The van der Waals surface area contributed by atoms with E-state index in [4.69, 9.17) is 0 Å². The van der Waals surface area contributed by atoms with Crippen LogP contribution in [0.4, 0.5) is 0 Å². The Labute approximate surface area is 57.0 Å². The molecule has 0 heteroatoms. The van der Waals surface area contributed by atoms with E-state index in [1.54, 1.807) is 5.57 Å². The number of hydrogen-bond acceptors (Lipinski definition) is 0. The van der Waals surface area contributed by atoms with Crippen molar-refractivity contribution < 1.29 is 0 Å². The van der Waals surface area contributed by atoms with Crippen molar-refractivity contribution in [2.45, 2.75) is 32.6 Å². The number of allylic oxidation sites excluding steroid dienone is 2. The monoisotopic (exact) mass is 122 g/mol. The van der Waals surface area contributed by atoms with E-state index in [9.17, 15) is 0 Å². The second kappa shape index (κ2) is 1.86. The number of hydrogen-bond donors (Lipinski definition) is 0. The molecule has 0 saturated heterocycles. The minimum Gasteiger partial charge on any atom is -0.0848 e. The van der Waals surface area contributed by atoms with Gasteiger partial charge < -0.3 is 0 Å². The van der Waals surface area contributed by atoms with Gasteiger partial charge in [-0.3, -0.25) is 0 Å². The molecule has 2 unspecified atom stereocenters. The molecule has 0 radical (unpaired) electrons. The zero-order valence-corrected chi connectivity index (χ0v) is 6.06. The highest BCUT2D eigenvalue weighted by Crippen LogP contribution is 2.42. The molecule has 2 rings (SSSR count). The SMILES string of the molecule is CC1CC=C2CCC2C1. The molecule has 2 aliphatic rings. The molecule has 0 bridgehead atoms. The van der Waals surface area contributed by atoms with Crippen LogP contribution in [-0.4, -0.2) is 0 Å². The molecule has 0 heterocycles. The summed E-state index contributed by atoms with van der Waals surface area (Å²) in [6, 6.07) is 0. The Kier molecular flexibility index (Phi) is 1.14. The predicted molar refractivity (Wildman–Crippen MR) is 39.2 cm³/mol. The van der Waals surface area contributed by atoms with Gasteiger partial charge in [-0.2, -0.15) is 0 Å². The normalized spacial score (nSPS) is 40.8. The topological polar surface area (TPSA) is 0 Å². The van der Waals surface area contributed by atoms with Crippen molar-refractivity contribution in [2.24, 2.45) is 11.8 Å². The molecule has 0 aromatic rings. The molecule has 1 fully saturated rings. The molecule has 50 valence electrons. The zero-order chi connectivity index (χ0) is 6.27. The predicted octanol–water partition coefficient (Wildman–Crippen LogP) is 2.75. The molecule has 0 aromatic carbocycles. The van der Waals surface area contributed by atoms with Crippen molar-refractivity contribution in [1.82, 2.24) is 0 Å². The smallest absolute Gasteiger partial charge is 0.0198 e. The minimum atomic E-state index is 0.971. The lowest BCUT2D eigenvalue weighted by Gasteiger charge is -2.36. The van der Waals surface area contributed by atoms with Crippen LogP contribution in [0.1, 0.15) is 32.6 Å². The Morgan fingerprint density at radius 1 is 1.56 bits per heavy atom. The van der Waals surface area contributed by atoms with Crippen LogP contribution in [-0.2, 0) is 0 Å². The van der Waals surface area contributed by atoms with Crippen molar-refractivity contribution in [1.29, 1.82) is 0 Å². The van der Waals surface area contributed by atoms with Gasteiger partial charge in [0, 0.05) is 0 Å². The van der Waals surface area contributed by atoms with Crippen LogP contribution in [0.15, 0.2) is 11.6 Å². The summed E-state index contributed by atoms with van der Waals surface area (Å²) in [6.45, 7) is 2.37. The van der Waals surface area contributed by atoms with Gasteiger partial charge in [0.1, 0.15) is 0 Å². The quantitative estimate of drug-likeness (QED) is 0.433. The summed E-state index contributed by atoms with van der Waals surface area (Å²) in [4.78, 5) is 0. The molecule has 1 saturated carbocycles. The molecule has 0 aromatic heterocycles. The second-order valence-electron chi connectivity index (χ2n) is 3.59. The largest absolute Gasteiger partial charge is 0.0848 e. The Morgan fingerprint density at radius 3 is 2.89 bits per heavy atom. The summed E-state index contributed by atoms with van der Waals surface area (Å²) in [5.41, 5.74) is 1.77. The van der Waals surface area contributed by atoms with Gasteiger partial charge in [0.15, 0.2) is 0 Å². The summed E-state index contributed by atoms with van der Waals surface area (Å²) >= 11 is 0. The Balaban J connectivity index is 2.10. The highest BCUT2D eigenvalue weighted by molar-refractivity contribution is 5.18. The van der Waals surface area contributed by atoms with Crippen LogP contribution in [0, 0.1) is 11.8 Å². The second-order valence-corrected chi connectivity index (χ2v) is 3.59. The first-order chi connectivity index (χ1) is 4.36. The average Bonchev–Trinajstić information content (AvgIpc) is 1.78. The first-order valence-electron chi connectivity index (χ1n) is 4.05. The van der Waals surface area contributed by atoms with Gasteiger partial charge >= 0.3 is 0 Å². The van der Waals surface area contributed by atoms with Crippen LogP contribution in [0.5, 0.6) is 0 Å². The first kappa shape index (κ1) is 5.52. The molecule has 0 amide bonds. The lowest BCUT2D eigenvalue weighted by Crippen LogP contribution is -2.22. The van der Waals surface area contributed by atoms with Crippen LogP contribution in [0.3, 0.4) is 0 Å². The van der Waals surface area contributed by atoms with Gasteiger partial charge in [-0.1, -0.05) is 18.6 Å². The maximum Gasteiger partial charge on any atom is -0.0198 e. The lowest BCUT2D eigenvalue weighted by molar-refractivity contribution is 0.322. The third-order valence-corrected chi connectivity index (χ3v) is 2.78. The molecule has 0 spiro atoms. The van der Waals surface area contributed by atoms with E-state index >= 15 is 0 Å². The third-order valence-electron chi connectivity index (χ3n) is 2.78. The van der Waals surface area contributed by atoms with E-state index in [2.05, 4.69) is 13.0 Å². The summed E-state index contributed by atoms with van der Waals surface area (Å²) in [5, 5.41) is 0. The molecule has 0 nitrogen and oxygen atoms in total. The number of rotatable bonds is 0. The standard InChI is InChI=1S/C9H14/c1-7-2-3-8-4-5-9(8)6-7/h3,7,9H,2,4-6H2,1H3. The summed E-state index contributed by atoms with van der Waals surface area (Å²) in [7, 11) is 0. The summed E-state index contributed by atoms with van der Waals surface area (Å²) < 4.78 is 0. The van der Waals surface area contributed by atoms with Gasteiger partial charge in [0.2, 0.25) is 0 Å². The van der Waals surface area contributed by atoms with Crippen molar-refractivity contribution in [2.75, 3.05) is 0 Å². The molecule has 0 aliphatic heterocycles. The fraction of sp³-hybridized carbons (Fsp3) is 0.778.